The van der Waals surface area contributed by atoms with Gasteiger partial charge in [0.25, 0.3) is 0 Å². The van der Waals surface area contributed by atoms with Crippen LogP contribution in [-0.4, -0.2) is 24.1 Å². The summed E-state index contributed by atoms with van der Waals surface area (Å²) in [7, 11) is 0. The van der Waals surface area contributed by atoms with Crippen LogP contribution in [0.25, 0.3) is 0 Å². The van der Waals surface area contributed by atoms with Gasteiger partial charge >= 0.3 is 0 Å². The number of nitrogens with one attached hydrogen (secondary N) is 1. The number of aromatic nitrogens is 1. The van der Waals surface area contributed by atoms with Crippen LogP contribution >= 0.6 is 15.9 Å². The molecule has 1 aliphatic carbocycles. The highest BCUT2D eigenvalue weighted by Crippen LogP contribution is 2.33. The summed E-state index contributed by atoms with van der Waals surface area (Å²) in [5.74, 6) is 1.86. The lowest BCUT2D eigenvalue weighted by Crippen LogP contribution is -2.30. The zero-order valence-electron chi connectivity index (χ0n) is 13.5. The first-order valence-corrected chi connectivity index (χ1v) is 9.03. The van der Waals surface area contributed by atoms with Crippen LogP contribution in [0, 0.1) is 5.92 Å². The van der Waals surface area contributed by atoms with Gasteiger partial charge in [0, 0.05) is 35.4 Å². The van der Waals surface area contributed by atoms with Gasteiger partial charge in [0.2, 0.25) is 0 Å². The summed E-state index contributed by atoms with van der Waals surface area (Å²) in [6.07, 6.45) is 7.05. The van der Waals surface area contributed by atoms with Crippen LogP contribution in [0.15, 0.2) is 16.7 Å². The van der Waals surface area contributed by atoms with Gasteiger partial charge in [-0.25, -0.2) is 4.98 Å². The minimum atomic E-state index is 0.674. The maximum Gasteiger partial charge on any atom is 0.133 e. The van der Waals surface area contributed by atoms with Crippen molar-refractivity contribution in [2.24, 2.45) is 5.92 Å². The Morgan fingerprint density at radius 3 is 2.81 bits per heavy atom. The van der Waals surface area contributed by atoms with Crippen LogP contribution in [0.1, 0.15) is 52.0 Å². The molecular weight excluding hydrogens is 326 g/mol. The summed E-state index contributed by atoms with van der Waals surface area (Å²) in [6.45, 7) is 9.81. The fourth-order valence-electron chi connectivity index (χ4n) is 2.53. The second-order valence-electron chi connectivity index (χ2n) is 6.44. The number of hydrogen-bond acceptors (Lipinski definition) is 3. The molecule has 0 unspecified atom stereocenters. The quantitative estimate of drug-likeness (QED) is 0.714. The van der Waals surface area contributed by atoms with Crippen molar-refractivity contribution >= 4 is 21.7 Å². The Morgan fingerprint density at radius 1 is 1.43 bits per heavy atom. The van der Waals surface area contributed by atoms with E-state index in [1.165, 1.54) is 37.1 Å². The molecule has 1 heterocycles. The molecule has 1 N–H and O–H groups in total. The van der Waals surface area contributed by atoms with Gasteiger partial charge in [-0.15, -0.1) is 0 Å². The molecule has 0 amide bonds. The molecule has 1 aromatic heterocycles. The standard InChI is InChI=1S/C17H28BrN3/c1-4-5-8-21(16-6-7-16)17-14(9-15(18)12-20-17)11-19-10-13(2)3/h9,12-13,16,19H,4-8,10-11H2,1-3H3. The molecule has 1 aromatic rings. The average molecular weight is 354 g/mol. The van der Waals surface area contributed by atoms with E-state index < -0.39 is 0 Å². The summed E-state index contributed by atoms with van der Waals surface area (Å²) in [5.41, 5.74) is 1.31. The second-order valence-corrected chi connectivity index (χ2v) is 7.35. The molecule has 0 spiro atoms. The van der Waals surface area contributed by atoms with Crippen LogP contribution in [-0.2, 0) is 6.54 Å². The third kappa shape index (κ3) is 5.26. The molecule has 0 aliphatic heterocycles. The Hall–Kier alpha value is -0.610. The molecule has 0 radical (unpaired) electrons. The Bertz CT molecular complexity index is 444. The van der Waals surface area contributed by atoms with Gasteiger partial charge < -0.3 is 10.2 Å². The van der Waals surface area contributed by atoms with Crippen molar-refractivity contribution in [3.63, 3.8) is 0 Å². The van der Waals surface area contributed by atoms with E-state index in [1.54, 1.807) is 0 Å². The van der Waals surface area contributed by atoms with Gasteiger partial charge in [-0.05, 0) is 53.7 Å². The van der Waals surface area contributed by atoms with E-state index >= 15 is 0 Å². The average Bonchev–Trinajstić information content (AvgIpc) is 3.25. The Morgan fingerprint density at radius 2 is 2.19 bits per heavy atom. The predicted octanol–water partition coefficient (Wildman–Crippen LogP) is 4.36. The zero-order chi connectivity index (χ0) is 15.2. The largest absolute Gasteiger partial charge is 0.353 e. The van der Waals surface area contributed by atoms with E-state index in [1.807, 2.05) is 6.20 Å². The molecule has 0 atom stereocenters. The van der Waals surface area contributed by atoms with Crippen LogP contribution in [0.4, 0.5) is 5.82 Å². The van der Waals surface area contributed by atoms with E-state index in [0.717, 1.165) is 24.1 Å². The maximum absolute atomic E-state index is 4.73. The molecule has 118 valence electrons. The van der Waals surface area contributed by atoms with Crippen LogP contribution in [0.2, 0.25) is 0 Å². The van der Waals surface area contributed by atoms with Crippen LogP contribution in [0.5, 0.6) is 0 Å². The lowest BCUT2D eigenvalue weighted by Gasteiger charge is -2.26. The van der Waals surface area contributed by atoms with Crippen molar-refractivity contribution in [3.8, 4) is 0 Å². The molecule has 1 fully saturated rings. The number of rotatable bonds is 9. The van der Waals surface area contributed by atoms with Crippen molar-refractivity contribution in [2.75, 3.05) is 18.0 Å². The molecule has 21 heavy (non-hydrogen) atoms. The van der Waals surface area contributed by atoms with Gasteiger partial charge in [0.05, 0.1) is 0 Å². The van der Waals surface area contributed by atoms with Crippen molar-refractivity contribution < 1.29 is 0 Å². The third-order valence-electron chi connectivity index (χ3n) is 3.79. The molecule has 0 saturated heterocycles. The normalized spacial score (nSPS) is 14.7. The summed E-state index contributed by atoms with van der Waals surface area (Å²) < 4.78 is 1.07. The highest BCUT2D eigenvalue weighted by molar-refractivity contribution is 9.10. The van der Waals surface area contributed by atoms with Crippen molar-refractivity contribution in [1.82, 2.24) is 10.3 Å². The highest BCUT2D eigenvalue weighted by Gasteiger charge is 2.30. The fourth-order valence-corrected chi connectivity index (χ4v) is 2.91. The number of pyridine rings is 1. The fraction of sp³-hybridized carbons (Fsp3) is 0.706. The summed E-state index contributed by atoms with van der Waals surface area (Å²) in [4.78, 5) is 7.26. The van der Waals surface area contributed by atoms with Gasteiger partial charge in [-0.1, -0.05) is 27.2 Å². The minimum Gasteiger partial charge on any atom is -0.353 e. The number of hydrogen-bond donors (Lipinski definition) is 1. The molecule has 1 saturated carbocycles. The van der Waals surface area contributed by atoms with Crippen molar-refractivity contribution in [1.29, 1.82) is 0 Å². The molecule has 3 nitrogen and oxygen atoms in total. The van der Waals surface area contributed by atoms with E-state index in [4.69, 9.17) is 4.98 Å². The van der Waals surface area contributed by atoms with Crippen molar-refractivity contribution in [3.05, 3.63) is 22.3 Å². The first-order valence-electron chi connectivity index (χ1n) is 8.23. The molecule has 1 aliphatic rings. The lowest BCUT2D eigenvalue weighted by molar-refractivity contribution is 0.550. The first kappa shape index (κ1) is 16.8. The van der Waals surface area contributed by atoms with Crippen LogP contribution < -0.4 is 10.2 Å². The third-order valence-corrected chi connectivity index (χ3v) is 4.22. The molecule has 4 heteroatoms. The topological polar surface area (TPSA) is 28.2 Å². The number of halogens is 1. The summed E-state index contributed by atoms with van der Waals surface area (Å²) in [6, 6.07) is 2.94. The predicted molar refractivity (Wildman–Crippen MR) is 93.8 cm³/mol. The monoisotopic (exact) mass is 353 g/mol. The molecular formula is C17H28BrN3. The number of nitrogens with zero attached hydrogens (tertiary/aromatic N) is 2. The minimum absolute atomic E-state index is 0.674. The summed E-state index contributed by atoms with van der Waals surface area (Å²) in [5, 5.41) is 3.55. The molecule has 0 bridgehead atoms. The maximum atomic E-state index is 4.73. The lowest BCUT2D eigenvalue weighted by atomic mass is 10.2. The Kier molecular flexibility index (Phi) is 6.49. The summed E-state index contributed by atoms with van der Waals surface area (Å²) >= 11 is 3.56. The van der Waals surface area contributed by atoms with E-state index in [9.17, 15) is 0 Å². The first-order chi connectivity index (χ1) is 10.1. The van der Waals surface area contributed by atoms with E-state index in [-0.39, 0.29) is 0 Å². The molecule has 2 rings (SSSR count). The zero-order valence-corrected chi connectivity index (χ0v) is 15.1. The van der Waals surface area contributed by atoms with Gasteiger partial charge in [-0.2, -0.15) is 0 Å². The van der Waals surface area contributed by atoms with E-state index in [0.29, 0.717) is 12.0 Å². The number of anilines is 1. The SMILES string of the molecule is CCCCN(c1ncc(Br)cc1CNCC(C)C)C1CC1. The number of unbranched alkanes of at least 4 members (excludes halogenated alkanes) is 1. The van der Waals surface area contributed by atoms with Crippen molar-refractivity contribution in [2.45, 2.75) is 59.0 Å². The Labute approximate surface area is 137 Å². The highest BCUT2D eigenvalue weighted by atomic mass is 79.9. The van der Waals surface area contributed by atoms with Gasteiger partial charge in [0.15, 0.2) is 0 Å². The van der Waals surface area contributed by atoms with E-state index in [2.05, 4.69) is 53.0 Å². The van der Waals surface area contributed by atoms with Gasteiger partial charge in [-0.3, -0.25) is 0 Å². The van der Waals surface area contributed by atoms with Crippen LogP contribution in [0.3, 0.4) is 0 Å². The second kappa shape index (κ2) is 8.14. The van der Waals surface area contributed by atoms with Gasteiger partial charge in [0.1, 0.15) is 5.82 Å². The molecule has 0 aromatic carbocycles. The smallest absolute Gasteiger partial charge is 0.133 e. The Balaban J connectivity index is 2.11.